The number of carbonyl (C=O) groups excluding carboxylic acids is 1. The second-order valence-corrected chi connectivity index (χ2v) is 9.59. The number of nitrogens with one attached hydrogen (secondary N) is 1. The SMILES string of the molecule is CCN(c1cc2nn(-c3ccc(F)cc3)c(C(=O)NC)c2cc1C1=CCOCC1)S(C)(=O)=O. The minimum Gasteiger partial charge on any atom is -0.377 e. The van der Waals surface area contributed by atoms with Gasteiger partial charge in [0.05, 0.1) is 36.4 Å². The number of fused-ring (bicyclic) bond motifs is 1. The van der Waals surface area contributed by atoms with Crippen molar-refractivity contribution >= 4 is 38.1 Å². The molecule has 2 heterocycles. The molecule has 1 amide bonds. The molecule has 0 radical (unpaired) electrons. The van der Waals surface area contributed by atoms with Crippen LogP contribution >= 0.6 is 0 Å². The van der Waals surface area contributed by atoms with Crippen molar-refractivity contribution in [1.82, 2.24) is 15.1 Å². The molecule has 2 aromatic carbocycles. The average Bonchev–Trinajstić information content (AvgIpc) is 3.17. The van der Waals surface area contributed by atoms with Gasteiger partial charge in [0.25, 0.3) is 5.91 Å². The van der Waals surface area contributed by atoms with Crippen LogP contribution in [-0.2, 0) is 14.8 Å². The number of benzene rings is 2. The van der Waals surface area contributed by atoms with Crippen molar-refractivity contribution < 1.29 is 22.3 Å². The van der Waals surface area contributed by atoms with E-state index < -0.39 is 15.8 Å². The minimum atomic E-state index is -3.56. The first-order valence-electron chi connectivity index (χ1n) is 10.5. The van der Waals surface area contributed by atoms with Crippen LogP contribution in [0.1, 0.15) is 29.4 Å². The highest BCUT2D eigenvalue weighted by molar-refractivity contribution is 7.92. The summed E-state index contributed by atoms with van der Waals surface area (Å²) in [6, 6.07) is 9.16. The molecule has 0 spiro atoms. The molecular weight excluding hydrogens is 447 g/mol. The summed E-state index contributed by atoms with van der Waals surface area (Å²) in [4.78, 5) is 12.9. The number of sulfonamides is 1. The average molecular weight is 473 g/mol. The second kappa shape index (κ2) is 8.95. The number of halogens is 1. The van der Waals surface area contributed by atoms with Crippen molar-refractivity contribution in [2.45, 2.75) is 13.3 Å². The number of amides is 1. The maximum absolute atomic E-state index is 13.5. The summed E-state index contributed by atoms with van der Waals surface area (Å²) >= 11 is 0. The molecule has 1 aliphatic rings. The van der Waals surface area contributed by atoms with Gasteiger partial charge in [-0.3, -0.25) is 9.10 Å². The van der Waals surface area contributed by atoms with E-state index in [2.05, 4.69) is 10.4 Å². The Balaban J connectivity index is 2.05. The molecule has 0 bridgehead atoms. The lowest BCUT2D eigenvalue weighted by atomic mass is 9.97. The molecule has 10 heteroatoms. The van der Waals surface area contributed by atoms with Gasteiger partial charge in [0.2, 0.25) is 10.0 Å². The van der Waals surface area contributed by atoms with Crippen LogP contribution in [-0.4, -0.2) is 57.2 Å². The number of aromatic nitrogens is 2. The molecular formula is C23H25FN4O4S. The first-order chi connectivity index (χ1) is 15.7. The Morgan fingerprint density at radius 3 is 2.58 bits per heavy atom. The van der Waals surface area contributed by atoms with Gasteiger partial charge >= 0.3 is 0 Å². The monoisotopic (exact) mass is 472 g/mol. The number of anilines is 1. The molecule has 33 heavy (non-hydrogen) atoms. The van der Waals surface area contributed by atoms with Gasteiger partial charge in [-0.2, -0.15) is 5.10 Å². The molecule has 0 unspecified atom stereocenters. The maximum atomic E-state index is 13.5. The van der Waals surface area contributed by atoms with Crippen molar-refractivity contribution in [3.05, 3.63) is 59.5 Å². The summed E-state index contributed by atoms with van der Waals surface area (Å²) in [5, 5.41) is 7.80. The lowest BCUT2D eigenvalue weighted by Gasteiger charge is -2.25. The summed E-state index contributed by atoms with van der Waals surface area (Å²) < 4.78 is 46.8. The predicted octanol–water partition coefficient (Wildman–Crippen LogP) is 3.11. The Bertz CT molecular complexity index is 1350. The van der Waals surface area contributed by atoms with Crippen LogP contribution in [0, 0.1) is 5.82 Å². The van der Waals surface area contributed by atoms with Gasteiger partial charge in [-0.1, -0.05) is 6.08 Å². The first kappa shape index (κ1) is 22.9. The van der Waals surface area contributed by atoms with E-state index in [4.69, 9.17) is 4.74 Å². The van der Waals surface area contributed by atoms with Gasteiger partial charge in [0.1, 0.15) is 11.5 Å². The molecule has 0 saturated heterocycles. The van der Waals surface area contributed by atoms with E-state index in [0.29, 0.717) is 47.5 Å². The van der Waals surface area contributed by atoms with Crippen molar-refractivity contribution in [3.8, 4) is 5.69 Å². The molecule has 1 N–H and O–H groups in total. The van der Waals surface area contributed by atoms with E-state index in [1.54, 1.807) is 13.0 Å². The Morgan fingerprint density at radius 2 is 2.00 bits per heavy atom. The quantitative estimate of drug-likeness (QED) is 0.595. The number of ether oxygens (including phenoxy) is 1. The number of hydrogen-bond acceptors (Lipinski definition) is 5. The zero-order valence-electron chi connectivity index (χ0n) is 18.6. The lowest BCUT2D eigenvalue weighted by molar-refractivity contribution is 0.0957. The number of nitrogens with zero attached hydrogens (tertiary/aromatic N) is 3. The highest BCUT2D eigenvalue weighted by Gasteiger charge is 2.26. The minimum absolute atomic E-state index is 0.238. The molecule has 0 saturated carbocycles. The molecule has 1 aromatic heterocycles. The third kappa shape index (κ3) is 4.36. The number of carbonyl (C=O) groups is 1. The third-order valence-electron chi connectivity index (χ3n) is 5.57. The van der Waals surface area contributed by atoms with Crippen LogP contribution in [0.5, 0.6) is 0 Å². The molecule has 0 aliphatic carbocycles. The predicted molar refractivity (Wildman–Crippen MR) is 126 cm³/mol. The van der Waals surface area contributed by atoms with Crippen LogP contribution in [0.25, 0.3) is 22.2 Å². The molecule has 3 aromatic rings. The van der Waals surface area contributed by atoms with E-state index in [9.17, 15) is 17.6 Å². The summed E-state index contributed by atoms with van der Waals surface area (Å²) in [6.45, 7) is 2.95. The van der Waals surface area contributed by atoms with Gasteiger partial charge in [-0.25, -0.2) is 17.5 Å². The van der Waals surface area contributed by atoms with E-state index in [-0.39, 0.29) is 18.1 Å². The molecule has 174 valence electrons. The van der Waals surface area contributed by atoms with Crippen LogP contribution in [0.15, 0.2) is 42.5 Å². The standard InChI is InChI=1S/C23H25FN4O4S/c1-4-27(33(3,30)31)21-14-20-19(13-18(21)15-9-11-32-12-10-15)22(23(29)25-2)28(26-20)17-7-5-16(24)6-8-17/h5-9,13-14H,4,10-12H2,1-3H3,(H,25,29). The van der Waals surface area contributed by atoms with E-state index >= 15 is 0 Å². The number of rotatable bonds is 6. The summed E-state index contributed by atoms with van der Waals surface area (Å²) in [5.41, 5.74) is 3.39. The van der Waals surface area contributed by atoms with Gasteiger partial charge in [-0.15, -0.1) is 0 Å². The van der Waals surface area contributed by atoms with Crippen LogP contribution in [0.2, 0.25) is 0 Å². The first-order valence-corrected chi connectivity index (χ1v) is 12.4. The Hall–Kier alpha value is -3.24. The van der Waals surface area contributed by atoms with E-state index in [1.807, 2.05) is 12.1 Å². The van der Waals surface area contributed by atoms with Crippen molar-refractivity contribution in [3.63, 3.8) is 0 Å². The van der Waals surface area contributed by atoms with Crippen molar-refractivity contribution in [2.75, 3.05) is 37.4 Å². The maximum Gasteiger partial charge on any atom is 0.270 e. The Kier molecular flexibility index (Phi) is 6.22. The fourth-order valence-electron chi connectivity index (χ4n) is 4.05. The fourth-order valence-corrected chi connectivity index (χ4v) is 5.02. The third-order valence-corrected chi connectivity index (χ3v) is 6.82. The topological polar surface area (TPSA) is 93.5 Å². The van der Waals surface area contributed by atoms with E-state index in [0.717, 1.165) is 11.8 Å². The van der Waals surface area contributed by atoms with Crippen molar-refractivity contribution in [2.24, 2.45) is 0 Å². The molecule has 0 fully saturated rings. The molecule has 1 aliphatic heterocycles. The largest absolute Gasteiger partial charge is 0.377 e. The summed E-state index contributed by atoms with van der Waals surface area (Å²) in [6.07, 6.45) is 3.70. The van der Waals surface area contributed by atoms with Gasteiger partial charge in [0.15, 0.2) is 0 Å². The second-order valence-electron chi connectivity index (χ2n) is 7.68. The fraction of sp³-hybridized carbons (Fsp3) is 0.304. The highest BCUT2D eigenvalue weighted by Crippen LogP contribution is 2.37. The zero-order chi connectivity index (χ0) is 23.8. The normalized spacial score (nSPS) is 14.2. The van der Waals surface area contributed by atoms with Crippen LogP contribution in [0.3, 0.4) is 0 Å². The molecule has 4 rings (SSSR count). The zero-order valence-corrected chi connectivity index (χ0v) is 19.4. The molecule has 0 atom stereocenters. The van der Waals surface area contributed by atoms with Crippen LogP contribution < -0.4 is 9.62 Å². The van der Waals surface area contributed by atoms with Gasteiger partial charge in [-0.05, 0) is 55.3 Å². The Morgan fingerprint density at radius 1 is 1.27 bits per heavy atom. The van der Waals surface area contributed by atoms with Crippen molar-refractivity contribution in [1.29, 1.82) is 0 Å². The lowest BCUT2D eigenvalue weighted by Crippen LogP contribution is -2.30. The summed E-state index contributed by atoms with van der Waals surface area (Å²) in [7, 11) is -2.04. The van der Waals surface area contributed by atoms with Gasteiger partial charge < -0.3 is 10.1 Å². The number of hydrogen-bond donors (Lipinski definition) is 1. The smallest absolute Gasteiger partial charge is 0.270 e. The van der Waals surface area contributed by atoms with Gasteiger partial charge in [0, 0.05) is 24.5 Å². The van der Waals surface area contributed by atoms with E-state index in [1.165, 1.54) is 40.3 Å². The summed E-state index contributed by atoms with van der Waals surface area (Å²) in [5.74, 6) is -0.767. The Labute approximate surface area is 191 Å². The highest BCUT2D eigenvalue weighted by atomic mass is 32.2. The van der Waals surface area contributed by atoms with Crippen LogP contribution in [0.4, 0.5) is 10.1 Å². The molecule has 8 nitrogen and oxygen atoms in total.